The van der Waals surface area contributed by atoms with Crippen LogP contribution in [0.3, 0.4) is 0 Å². The fraction of sp³-hybridized carbons (Fsp3) is 0.281. The molecule has 7 nitrogen and oxygen atoms in total. The summed E-state index contributed by atoms with van der Waals surface area (Å²) in [6, 6.07) is 21.8. The van der Waals surface area contributed by atoms with E-state index in [9.17, 15) is 4.79 Å². The van der Waals surface area contributed by atoms with E-state index in [0.717, 1.165) is 38.5 Å². The molecule has 2 unspecified atom stereocenters. The largest absolute Gasteiger partial charge is 0.494 e. The summed E-state index contributed by atoms with van der Waals surface area (Å²) in [5.41, 5.74) is 6.24. The maximum absolute atomic E-state index is 12.7. The predicted octanol–water partition coefficient (Wildman–Crippen LogP) is 7.42. The highest BCUT2D eigenvalue weighted by molar-refractivity contribution is 9.10. The van der Waals surface area contributed by atoms with Crippen LogP contribution in [-0.2, 0) is 4.79 Å². The number of pyridine rings is 1. The van der Waals surface area contributed by atoms with Gasteiger partial charge in [-0.3, -0.25) is 9.78 Å². The fourth-order valence-corrected chi connectivity index (χ4v) is 6.09. The van der Waals surface area contributed by atoms with Gasteiger partial charge in [0, 0.05) is 39.2 Å². The number of amides is 1. The Kier molecular flexibility index (Phi) is 7.94. The molecule has 0 saturated carbocycles. The molecule has 0 aliphatic carbocycles. The van der Waals surface area contributed by atoms with Gasteiger partial charge >= 0.3 is 0 Å². The van der Waals surface area contributed by atoms with Crippen LogP contribution in [0.4, 0.5) is 11.4 Å². The monoisotopic (exact) mass is 631 g/mol. The minimum Gasteiger partial charge on any atom is -0.494 e. The van der Waals surface area contributed by atoms with Crippen LogP contribution in [-0.4, -0.2) is 27.7 Å². The molecule has 1 fully saturated rings. The third kappa shape index (κ3) is 5.48. The van der Waals surface area contributed by atoms with Crippen molar-refractivity contribution in [3.05, 3.63) is 100 Å². The van der Waals surface area contributed by atoms with Gasteiger partial charge in [0.05, 0.1) is 36.3 Å². The number of para-hydroxylation sites is 1. The molecule has 0 spiro atoms. The molecular formula is C32H34BrN5O2S. The number of hydrogen-bond donors (Lipinski definition) is 2. The minimum absolute atomic E-state index is 0.0884. The number of carbonyl (C=O) groups is 1. The number of methoxy groups -OCH3 is 1. The van der Waals surface area contributed by atoms with Gasteiger partial charge in [0.25, 0.3) is 0 Å². The van der Waals surface area contributed by atoms with Gasteiger partial charge in [-0.2, -0.15) is 0 Å². The van der Waals surface area contributed by atoms with Gasteiger partial charge in [-0.1, -0.05) is 39.0 Å². The highest BCUT2D eigenvalue weighted by atomic mass is 79.9. The molecule has 1 saturated heterocycles. The van der Waals surface area contributed by atoms with Gasteiger partial charge in [0.2, 0.25) is 5.91 Å². The van der Waals surface area contributed by atoms with Crippen LogP contribution in [0.2, 0.25) is 0 Å². The standard InChI is InChI=1S/C32H34BrN5O2S/c1-19-17-22(20(2)37(19)26-13-8-7-11-23(26)33)29-28(25-12-9-10-16-34-25)36-31(41)38(29)21-14-15-24(27(18-21)40-6)35-30(39)32(3,4)5/h7-18,28-29H,1-6H3,(H,35,39)(H,36,41). The fourth-order valence-electron chi connectivity index (χ4n) is 5.28. The van der Waals surface area contributed by atoms with Crippen molar-refractivity contribution in [2.24, 2.45) is 5.41 Å². The second-order valence-electron chi connectivity index (χ2n) is 11.2. The number of carbonyl (C=O) groups excluding carboxylic acids is 1. The summed E-state index contributed by atoms with van der Waals surface area (Å²) in [6.07, 6.45) is 1.81. The van der Waals surface area contributed by atoms with Crippen molar-refractivity contribution < 1.29 is 9.53 Å². The SMILES string of the molecule is COc1cc(N2C(=S)NC(c3ccccn3)C2c2cc(C)n(-c3ccccc3Br)c2C)ccc1NC(=O)C(C)(C)C. The number of benzene rings is 2. The first-order valence-corrected chi connectivity index (χ1v) is 14.6. The lowest BCUT2D eigenvalue weighted by atomic mass is 9.95. The van der Waals surface area contributed by atoms with Crippen LogP contribution in [0, 0.1) is 19.3 Å². The Balaban J connectivity index is 1.64. The topological polar surface area (TPSA) is 71.4 Å². The third-order valence-corrected chi connectivity index (χ3v) is 8.36. The van der Waals surface area contributed by atoms with Crippen molar-refractivity contribution in [1.82, 2.24) is 14.9 Å². The smallest absolute Gasteiger partial charge is 0.229 e. The van der Waals surface area contributed by atoms with Gasteiger partial charge in [0.1, 0.15) is 5.75 Å². The lowest BCUT2D eigenvalue weighted by molar-refractivity contribution is -0.123. The lowest BCUT2D eigenvalue weighted by Crippen LogP contribution is -2.30. The highest BCUT2D eigenvalue weighted by Gasteiger charge is 2.42. The molecule has 2 N–H and O–H groups in total. The summed E-state index contributed by atoms with van der Waals surface area (Å²) in [6.45, 7) is 9.90. The number of nitrogens with zero attached hydrogens (tertiary/aromatic N) is 3. The zero-order valence-corrected chi connectivity index (χ0v) is 26.4. The number of thiocarbonyl (C=S) groups is 1. The molecule has 1 amide bonds. The Morgan fingerprint density at radius 2 is 1.80 bits per heavy atom. The molecule has 5 rings (SSSR count). The number of ether oxygens (including phenoxy) is 1. The van der Waals surface area contributed by atoms with E-state index in [0.29, 0.717) is 16.5 Å². The molecular weight excluding hydrogens is 598 g/mol. The highest BCUT2D eigenvalue weighted by Crippen LogP contribution is 2.45. The second kappa shape index (κ2) is 11.3. The van der Waals surface area contributed by atoms with Gasteiger partial charge < -0.3 is 24.8 Å². The molecule has 2 aromatic carbocycles. The van der Waals surface area contributed by atoms with E-state index >= 15 is 0 Å². The van der Waals surface area contributed by atoms with E-state index in [1.54, 1.807) is 13.3 Å². The number of hydrogen-bond acceptors (Lipinski definition) is 4. The first kappa shape index (κ1) is 28.8. The summed E-state index contributed by atoms with van der Waals surface area (Å²) in [5.74, 6) is 0.469. The summed E-state index contributed by atoms with van der Waals surface area (Å²) in [5, 5.41) is 7.13. The molecule has 4 aromatic rings. The van der Waals surface area contributed by atoms with Crippen molar-refractivity contribution in [2.45, 2.75) is 46.7 Å². The van der Waals surface area contributed by atoms with Crippen molar-refractivity contribution >= 4 is 50.5 Å². The van der Waals surface area contributed by atoms with E-state index in [4.69, 9.17) is 21.9 Å². The zero-order chi connectivity index (χ0) is 29.5. The number of nitrogens with one attached hydrogen (secondary N) is 2. The second-order valence-corrected chi connectivity index (χ2v) is 12.4. The average Bonchev–Trinajstić information content (AvgIpc) is 3.44. The first-order chi connectivity index (χ1) is 19.5. The number of aromatic nitrogens is 2. The number of halogens is 1. The zero-order valence-electron chi connectivity index (χ0n) is 24.0. The minimum atomic E-state index is -0.540. The van der Waals surface area contributed by atoms with Crippen LogP contribution < -0.4 is 20.3 Å². The van der Waals surface area contributed by atoms with Gasteiger partial charge in [-0.05, 0) is 90.0 Å². The summed E-state index contributed by atoms with van der Waals surface area (Å²) >= 11 is 9.70. The normalized spacial score (nSPS) is 17.0. The number of anilines is 2. The van der Waals surface area contributed by atoms with Crippen LogP contribution in [0.15, 0.2) is 77.4 Å². The molecule has 1 aliphatic heterocycles. The Morgan fingerprint density at radius 3 is 2.46 bits per heavy atom. The number of aryl methyl sites for hydroxylation is 1. The van der Waals surface area contributed by atoms with Crippen molar-refractivity contribution in [3.8, 4) is 11.4 Å². The predicted molar refractivity (Wildman–Crippen MR) is 172 cm³/mol. The van der Waals surface area contributed by atoms with Crippen molar-refractivity contribution in [1.29, 1.82) is 0 Å². The summed E-state index contributed by atoms with van der Waals surface area (Å²) in [4.78, 5) is 19.5. The van der Waals surface area contributed by atoms with Crippen molar-refractivity contribution in [2.75, 3.05) is 17.3 Å². The van der Waals surface area contributed by atoms with E-state index in [1.165, 1.54) is 0 Å². The Morgan fingerprint density at radius 1 is 1.07 bits per heavy atom. The lowest BCUT2D eigenvalue weighted by Gasteiger charge is -2.29. The Bertz CT molecular complexity index is 1610. The van der Waals surface area contributed by atoms with Crippen LogP contribution >= 0.6 is 28.1 Å². The molecule has 0 radical (unpaired) electrons. The quantitative estimate of drug-likeness (QED) is 0.216. The van der Waals surface area contributed by atoms with Gasteiger partial charge in [-0.25, -0.2) is 0 Å². The first-order valence-electron chi connectivity index (χ1n) is 13.4. The maximum Gasteiger partial charge on any atom is 0.229 e. The molecule has 212 valence electrons. The van der Waals surface area contributed by atoms with E-state index < -0.39 is 5.41 Å². The Labute approximate surface area is 255 Å². The van der Waals surface area contributed by atoms with E-state index in [1.807, 2.05) is 69.3 Å². The van der Waals surface area contributed by atoms with Crippen LogP contribution in [0.5, 0.6) is 5.75 Å². The molecule has 2 atom stereocenters. The molecule has 9 heteroatoms. The van der Waals surface area contributed by atoms with Gasteiger partial charge in [-0.15, -0.1) is 0 Å². The number of rotatable bonds is 6. The van der Waals surface area contributed by atoms with E-state index in [2.05, 4.69) is 68.1 Å². The van der Waals surface area contributed by atoms with E-state index in [-0.39, 0.29) is 18.0 Å². The average molecular weight is 633 g/mol. The molecule has 2 aromatic heterocycles. The molecule has 41 heavy (non-hydrogen) atoms. The molecule has 0 bridgehead atoms. The maximum atomic E-state index is 12.7. The molecule has 1 aliphatic rings. The van der Waals surface area contributed by atoms with Crippen LogP contribution in [0.25, 0.3) is 5.69 Å². The Hall–Kier alpha value is -3.69. The summed E-state index contributed by atoms with van der Waals surface area (Å²) < 4.78 is 9.02. The van der Waals surface area contributed by atoms with Gasteiger partial charge in [0.15, 0.2) is 5.11 Å². The van der Waals surface area contributed by atoms with Crippen LogP contribution in [0.1, 0.15) is 55.5 Å². The summed E-state index contributed by atoms with van der Waals surface area (Å²) in [7, 11) is 1.60. The van der Waals surface area contributed by atoms with Crippen molar-refractivity contribution in [3.63, 3.8) is 0 Å². The third-order valence-electron chi connectivity index (χ3n) is 7.37. The molecule has 3 heterocycles.